The summed E-state index contributed by atoms with van der Waals surface area (Å²) in [5.41, 5.74) is 5.19. The number of fused-ring (bicyclic) bond motifs is 1. The molecule has 130 valence electrons. The van der Waals surface area contributed by atoms with E-state index in [1.165, 1.54) is 5.56 Å². The summed E-state index contributed by atoms with van der Waals surface area (Å²) < 4.78 is 28.0. The Hall–Kier alpha value is -1.43. The average molecular weight is 346 g/mol. The molecule has 1 fully saturated rings. The van der Waals surface area contributed by atoms with Crippen molar-refractivity contribution in [1.82, 2.24) is 9.62 Å². The minimum Gasteiger partial charge on any atom is -0.314 e. The van der Waals surface area contributed by atoms with Crippen LogP contribution in [-0.4, -0.2) is 38.9 Å². The van der Waals surface area contributed by atoms with E-state index in [0.29, 0.717) is 37.0 Å². The lowest BCUT2D eigenvalue weighted by Crippen LogP contribution is -2.46. The number of aryl methyl sites for hydroxylation is 2. The predicted octanol–water partition coefficient (Wildman–Crippen LogP) is 3.13. The van der Waals surface area contributed by atoms with Crippen molar-refractivity contribution in [2.45, 2.75) is 38.5 Å². The lowest BCUT2D eigenvalue weighted by Gasteiger charge is -2.26. The molecular weight excluding hydrogens is 320 g/mol. The molecule has 24 heavy (non-hydrogen) atoms. The van der Waals surface area contributed by atoms with Gasteiger partial charge in [-0.1, -0.05) is 32.0 Å². The van der Waals surface area contributed by atoms with Crippen LogP contribution in [0.5, 0.6) is 0 Å². The molecule has 2 aliphatic carbocycles. The van der Waals surface area contributed by atoms with Crippen LogP contribution in [0.4, 0.5) is 0 Å². The first-order chi connectivity index (χ1) is 11.3. The normalized spacial score (nSPS) is 16.9. The molecule has 0 amide bonds. The molecule has 0 atom stereocenters. The van der Waals surface area contributed by atoms with Crippen molar-refractivity contribution in [1.29, 1.82) is 0 Å². The third kappa shape index (κ3) is 2.96. The van der Waals surface area contributed by atoms with Gasteiger partial charge in [0, 0.05) is 31.7 Å². The minimum atomic E-state index is -3.46. The fraction of sp³-hybridized carbons (Fsp3) is 0.474. The predicted molar refractivity (Wildman–Crippen MR) is 98.3 cm³/mol. The molecule has 1 N–H and O–H groups in total. The van der Waals surface area contributed by atoms with E-state index in [1.807, 2.05) is 26.0 Å². The van der Waals surface area contributed by atoms with Crippen LogP contribution in [0.2, 0.25) is 0 Å². The smallest absolute Gasteiger partial charge is 0.243 e. The molecule has 1 heterocycles. The van der Waals surface area contributed by atoms with Crippen LogP contribution >= 0.6 is 0 Å². The number of hydrogen-bond acceptors (Lipinski definition) is 3. The third-order valence-corrected chi connectivity index (χ3v) is 6.80. The zero-order valence-corrected chi connectivity index (χ0v) is 15.7. The van der Waals surface area contributed by atoms with Crippen molar-refractivity contribution in [2.24, 2.45) is 0 Å². The highest BCUT2D eigenvalue weighted by Gasteiger charge is 2.31. The highest BCUT2D eigenvalue weighted by Crippen LogP contribution is 2.39. The highest BCUT2D eigenvalue weighted by atomic mass is 32.2. The van der Waals surface area contributed by atoms with E-state index < -0.39 is 10.0 Å². The number of nitrogens with zero attached hydrogens (tertiary/aromatic N) is 1. The molecule has 3 rings (SSSR count). The Kier molecular flexibility index (Phi) is 4.69. The molecule has 0 aromatic carbocycles. The maximum atomic E-state index is 13.2. The first-order valence-electron chi connectivity index (χ1n) is 8.57. The van der Waals surface area contributed by atoms with Crippen LogP contribution in [0.25, 0.3) is 11.1 Å². The first kappa shape index (κ1) is 17.4. The SMILES string of the molecule is Cc1cc(S(=O)(=O)N2CCNCC2)c2c(C)ccc(C(C)C)cc1-2. The van der Waals surface area contributed by atoms with Gasteiger partial charge in [0.05, 0.1) is 4.90 Å². The van der Waals surface area contributed by atoms with Crippen LogP contribution < -0.4 is 5.32 Å². The van der Waals surface area contributed by atoms with Crippen molar-refractivity contribution in [3.8, 4) is 11.1 Å². The Labute approximate surface area is 145 Å². The fourth-order valence-electron chi connectivity index (χ4n) is 3.37. The van der Waals surface area contributed by atoms with Crippen molar-refractivity contribution >= 4 is 10.0 Å². The van der Waals surface area contributed by atoms with Gasteiger partial charge in [0.15, 0.2) is 0 Å². The Bertz CT molecular complexity index is 822. The average Bonchev–Trinajstić information content (AvgIpc) is 2.78. The van der Waals surface area contributed by atoms with Gasteiger partial charge in [0.2, 0.25) is 10.0 Å². The van der Waals surface area contributed by atoms with Crippen molar-refractivity contribution in [2.75, 3.05) is 26.2 Å². The number of piperazine rings is 1. The maximum absolute atomic E-state index is 13.2. The standard InChI is InChI=1S/C19H26N2O2S/c1-13(2)16-6-5-14(3)19-17(12-16)15(4)11-18(19)24(22,23)21-9-7-20-8-10-21/h5-6,11-13,20H,7-10H2,1-4H3. The van der Waals surface area contributed by atoms with E-state index in [2.05, 4.69) is 31.3 Å². The molecule has 4 nitrogen and oxygen atoms in total. The van der Waals surface area contributed by atoms with Crippen LogP contribution in [0.15, 0.2) is 29.2 Å². The van der Waals surface area contributed by atoms with E-state index in [9.17, 15) is 8.42 Å². The largest absolute Gasteiger partial charge is 0.314 e. The molecule has 0 saturated carbocycles. The summed E-state index contributed by atoms with van der Waals surface area (Å²) in [6, 6.07) is 8.16. The van der Waals surface area contributed by atoms with Crippen molar-refractivity contribution in [3.05, 3.63) is 41.0 Å². The van der Waals surface area contributed by atoms with E-state index in [-0.39, 0.29) is 0 Å². The summed E-state index contributed by atoms with van der Waals surface area (Å²) in [6.45, 7) is 10.8. The van der Waals surface area contributed by atoms with E-state index in [1.54, 1.807) is 4.31 Å². The van der Waals surface area contributed by atoms with Gasteiger partial charge in [-0.25, -0.2) is 8.42 Å². The van der Waals surface area contributed by atoms with Gasteiger partial charge in [0.1, 0.15) is 0 Å². The molecule has 0 spiro atoms. The Morgan fingerprint density at radius 3 is 2.33 bits per heavy atom. The molecule has 1 aliphatic heterocycles. The zero-order valence-electron chi connectivity index (χ0n) is 14.9. The van der Waals surface area contributed by atoms with Gasteiger partial charge >= 0.3 is 0 Å². The number of nitrogens with one attached hydrogen (secondary N) is 1. The number of rotatable bonds is 3. The Balaban J connectivity index is 2.18. The molecule has 0 aromatic heterocycles. The quantitative estimate of drug-likeness (QED) is 0.929. The third-order valence-electron chi connectivity index (χ3n) is 4.88. The number of sulfonamides is 1. The molecule has 0 radical (unpaired) electrons. The summed E-state index contributed by atoms with van der Waals surface area (Å²) >= 11 is 0. The van der Waals surface area contributed by atoms with Gasteiger partial charge < -0.3 is 5.32 Å². The highest BCUT2D eigenvalue weighted by molar-refractivity contribution is 7.89. The Morgan fingerprint density at radius 2 is 1.71 bits per heavy atom. The molecule has 1 saturated heterocycles. The van der Waals surface area contributed by atoms with Crippen LogP contribution in [0.3, 0.4) is 0 Å². The maximum Gasteiger partial charge on any atom is 0.243 e. The second-order valence-corrected chi connectivity index (χ2v) is 8.86. The van der Waals surface area contributed by atoms with Crippen molar-refractivity contribution < 1.29 is 8.42 Å². The summed E-state index contributed by atoms with van der Waals surface area (Å²) in [6.07, 6.45) is 0. The topological polar surface area (TPSA) is 49.4 Å². The van der Waals surface area contributed by atoms with Gasteiger partial charge in [-0.2, -0.15) is 4.31 Å². The second kappa shape index (κ2) is 6.47. The lowest BCUT2D eigenvalue weighted by molar-refractivity contribution is 0.360. The summed E-state index contributed by atoms with van der Waals surface area (Å²) in [7, 11) is -3.46. The number of hydrogen-bond donors (Lipinski definition) is 1. The molecule has 0 unspecified atom stereocenters. The van der Waals surface area contributed by atoms with Crippen molar-refractivity contribution in [3.63, 3.8) is 0 Å². The lowest BCUT2D eigenvalue weighted by atomic mass is 10.0. The zero-order chi connectivity index (χ0) is 17.5. The van der Waals surface area contributed by atoms with Gasteiger partial charge in [0.25, 0.3) is 0 Å². The second-order valence-electron chi connectivity index (χ2n) is 6.95. The molecule has 3 aliphatic rings. The summed E-state index contributed by atoms with van der Waals surface area (Å²) in [4.78, 5) is 0.459. The molecule has 0 bridgehead atoms. The molecular formula is C19H26N2O2S. The molecule has 5 heteroatoms. The van der Waals surface area contributed by atoms with E-state index >= 15 is 0 Å². The van der Waals surface area contributed by atoms with Gasteiger partial charge in [-0.05, 0) is 48.1 Å². The summed E-state index contributed by atoms with van der Waals surface area (Å²) in [5, 5.41) is 3.21. The Morgan fingerprint density at radius 1 is 1.04 bits per heavy atom. The first-order valence-corrected chi connectivity index (χ1v) is 10.0. The van der Waals surface area contributed by atoms with Crippen LogP contribution in [0.1, 0.15) is 36.5 Å². The summed E-state index contributed by atoms with van der Waals surface area (Å²) in [5.74, 6) is 0.405. The molecule has 0 aromatic rings. The van der Waals surface area contributed by atoms with E-state index in [4.69, 9.17) is 0 Å². The minimum absolute atomic E-state index is 0.405. The van der Waals surface area contributed by atoms with Crippen LogP contribution in [-0.2, 0) is 10.0 Å². The monoisotopic (exact) mass is 346 g/mol. The van der Waals surface area contributed by atoms with Gasteiger partial charge in [-0.15, -0.1) is 0 Å². The van der Waals surface area contributed by atoms with Crippen LogP contribution in [0, 0.1) is 13.8 Å². The fourth-order valence-corrected chi connectivity index (χ4v) is 5.17. The van der Waals surface area contributed by atoms with E-state index in [0.717, 1.165) is 22.3 Å². The van der Waals surface area contributed by atoms with Gasteiger partial charge in [-0.3, -0.25) is 0 Å².